The van der Waals surface area contributed by atoms with Crippen molar-refractivity contribution in [1.29, 1.82) is 0 Å². The predicted molar refractivity (Wildman–Crippen MR) is 80.2 cm³/mol. The maximum absolute atomic E-state index is 11.7. The van der Waals surface area contributed by atoms with E-state index in [2.05, 4.69) is 17.1 Å². The summed E-state index contributed by atoms with van der Waals surface area (Å²) in [6.45, 7) is 6.64. The molecule has 0 unspecified atom stereocenters. The van der Waals surface area contributed by atoms with E-state index < -0.39 is 15.7 Å². The van der Waals surface area contributed by atoms with Gasteiger partial charge in [-0.1, -0.05) is 6.92 Å². The van der Waals surface area contributed by atoms with Crippen molar-refractivity contribution in [3.63, 3.8) is 0 Å². The normalized spacial score (nSPS) is 18.2. The summed E-state index contributed by atoms with van der Waals surface area (Å²) < 4.78 is 23.5. The van der Waals surface area contributed by atoms with Gasteiger partial charge in [0.05, 0.1) is 11.5 Å². The zero-order chi connectivity index (χ0) is 15.0. The summed E-state index contributed by atoms with van der Waals surface area (Å²) >= 11 is 0. The molecule has 1 amide bonds. The van der Waals surface area contributed by atoms with E-state index in [0.29, 0.717) is 12.5 Å². The maximum atomic E-state index is 11.7. The Hall–Kier alpha value is -0.660. The Labute approximate surface area is 122 Å². The number of carbonyl (C=O) groups excluding carboxylic acids is 1. The Morgan fingerprint density at radius 1 is 1.30 bits per heavy atom. The first-order chi connectivity index (χ1) is 9.43. The topological polar surface area (TPSA) is 92.5 Å². The minimum atomic E-state index is -3.16. The number of likely N-dealkylation sites (tertiary alicyclic amines) is 1. The first-order valence-electron chi connectivity index (χ1n) is 7.34. The molecule has 1 heterocycles. The van der Waals surface area contributed by atoms with Crippen LogP contribution < -0.4 is 11.1 Å². The third kappa shape index (κ3) is 7.21. The van der Waals surface area contributed by atoms with Crippen molar-refractivity contribution in [2.45, 2.75) is 26.2 Å². The Morgan fingerprint density at radius 3 is 2.50 bits per heavy atom. The molecule has 1 saturated heterocycles. The van der Waals surface area contributed by atoms with E-state index >= 15 is 0 Å². The van der Waals surface area contributed by atoms with Crippen molar-refractivity contribution in [3.05, 3.63) is 0 Å². The minimum absolute atomic E-state index is 0.0763. The number of rotatable bonds is 9. The van der Waals surface area contributed by atoms with E-state index in [1.165, 1.54) is 0 Å². The van der Waals surface area contributed by atoms with E-state index in [1.807, 2.05) is 0 Å². The van der Waals surface area contributed by atoms with Gasteiger partial charge in [-0.15, -0.1) is 0 Å². The third-order valence-corrected chi connectivity index (χ3v) is 5.40. The number of primary amides is 1. The second-order valence-electron chi connectivity index (χ2n) is 5.46. The van der Waals surface area contributed by atoms with Crippen LogP contribution in [0.4, 0.5) is 0 Å². The molecular formula is C13H27N3O3S. The number of piperidine rings is 1. The summed E-state index contributed by atoms with van der Waals surface area (Å²) in [5.41, 5.74) is 4.97. The SMILES string of the molecule is CCNCC1CCN(CCS(=O)(=O)CCC(N)=O)CC1. The minimum Gasteiger partial charge on any atom is -0.370 e. The molecule has 20 heavy (non-hydrogen) atoms. The zero-order valence-corrected chi connectivity index (χ0v) is 13.1. The molecule has 0 saturated carbocycles. The lowest BCUT2D eigenvalue weighted by atomic mass is 9.97. The van der Waals surface area contributed by atoms with E-state index in [4.69, 9.17) is 5.73 Å². The van der Waals surface area contributed by atoms with Crippen LogP contribution in [0.1, 0.15) is 26.2 Å². The Bertz CT molecular complexity index is 390. The molecule has 118 valence electrons. The fourth-order valence-electron chi connectivity index (χ4n) is 2.39. The molecule has 0 atom stereocenters. The molecule has 0 aromatic heterocycles. The van der Waals surface area contributed by atoms with Gasteiger partial charge in [0, 0.05) is 13.0 Å². The average Bonchev–Trinajstić information content (AvgIpc) is 2.42. The van der Waals surface area contributed by atoms with Crippen molar-refractivity contribution in [1.82, 2.24) is 10.2 Å². The molecule has 3 N–H and O–H groups in total. The number of nitrogens with two attached hydrogens (primary N) is 1. The van der Waals surface area contributed by atoms with Crippen molar-refractivity contribution in [2.75, 3.05) is 44.2 Å². The van der Waals surface area contributed by atoms with Gasteiger partial charge in [-0.25, -0.2) is 8.42 Å². The molecule has 7 heteroatoms. The molecule has 1 aliphatic rings. The first kappa shape index (κ1) is 17.4. The summed E-state index contributed by atoms with van der Waals surface area (Å²) in [4.78, 5) is 12.8. The molecule has 0 radical (unpaired) electrons. The Morgan fingerprint density at radius 2 is 1.95 bits per heavy atom. The van der Waals surface area contributed by atoms with Crippen LogP contribution in [0, 0.1) is 5.92 Å². The highest BCUT2D eigenvalue weighted by atomic mass is 32.2. The van der Waals surface area contributed by atoms with Crippen LogP contribution in [-0.2, 0) is 14.6 Å². The Kier molecular flexibility index (Phi) is 7.47. The van der Waals surface area contributed by atoms with Crippen LogP contribution in [0.2, 0.25) is 0 Å². The number of sulfone groups is 1. The maximum Gasteiger partial charge on any atom is 0.218 e. The van der Waals surface area contributed by atoms with Crippen molar-refractivity contribution in [3.8, 4) is 0 Å². The first-order valence-corrected chi connectivity index (χ1v) is 9.17. The summed E-state index contributed by atoms with van der Waals surface area (Å²) in [7, 11) is -3.16. The zero-order valence-electron chi connectivity index (χ0n) is 12.3. The average molecular weight is 305 g/mol. The molecule has 1 rings (SSSR count). The van der Waals surface area contributed by atoms with E-state index in [1.54, 1.807) is 0 Å². The lowest BCUT2D eigenvalue weighted by Crippen LogP contribution is -2.39. The summed E-state index contributed by atoms with van der Waals surface area (Å²) in [5.74, 6) is 0.146. The second kappa shape index (κ2) is 8.59. The van der Waals surface area contributed by atoms with Crippen LogP contribution >= 0.6 is 0 Å². The molecule has 1 fully saturated rings. The van der Waals surface area contributed by atoms with Gasteiger partial charge in [0.25, 0.3) is 0 Å². The molecular weight excluding hydrogens is 278 g/mol. The predicted octanol–water partition coefficient (Wildman–Crippen LogP) is -0.402. The van der Waals surface area contributed by atoms with Gasteiger partial charge >= 0.3 is 0 Å². The van der Waals surface area contributed by atoms with Crippen molar-refractivity contribution < 1.29 is 13.2 Å². The quantitative estimate of drug-likeness (QED) is 0.604. The highest BCUT2D eigenvalue weighted by molar-refractivity contribution is 7.91. The van der Waals surface area contributed by atoms with Gasteiger partial charge < -0.3 is 16.0 Å². The van der Waals surface area contributed by atoms with Gasteiger partial charge in [0.2, 0.25) is 5.91 Å². The van der Waals surface area contributed by atoms with E-state index in [9.17, 15) is 13.2 Å². The number of hydrogen-bond donors (Lipinski definition) is 2. The van der Waals surface area contributed by atoms with Gasteiger partial charge in [0.15, 0.2) is 9.84 Å². The van der Waals surface area contributed by atoms with Gasteiger partial charge in [0.1, 0.15) is 0 Å². The number of amides is 1. The molecule has 0 aromatic carbocycles. The lowest BCUT2D eigenvalue weighted by Gasteiger charge is -2.31. The fraction of sp³-hybridized carbons (Fsp3) is 0.923. The van der Waals surface area contributed by atoms with Crippen LogP contribution in [0.5, 0.6) is 0 Å². The largest absolute Gasteiger partial charge is 0.370 e. The third-order valence-electron chi connectivity index (χ3n) is 3.77. The smallest absolute Gasteiger partial charge is 0.218 e. The van der Waals surface area contributed by atoms with Crippen molar-refractivity contribution >= 4 is 15.7 Å². The summed E-state index contributed by atoms with van der Waals surface area (Å²) in [6, 6.07) is 0. The van der Waals surface area contributed by atoms with E-state index in [0.717, 1.165) is 39.0 Å². The highest BCUT2D eigenvalue weighted by Crippen LogP contribution is 2.16. The molecule has 0 bridgehead atoms. The summed E-state index contributed by atoms with van der Waals surface area (Å²) in [6.07, 6.45) is 2.16. The number of hydrogen-bond acceptors (Lipinski definition) is 5. The Balaban J connectivity index is 2.22. The van der Waals surface area contributed by atoms with E-state index in [-0.39, 0.29) is 17.9 Å². The van der Waals surface area contributed by atoms with Crippen molar-refractivity contribution in [2.24, 2.45) is 11.7 Å². The second-order valence-corrected chi connectivity index (χ2v) is 7.76. The molecule has 1 aliphatic heterocycles. The highest BCUT2D eigenvalue weighted by Gasteiger charge is 2.20. The number of carbonyl (C=O) groups is 1. The van der Waals surface area contributed by atoms with Crippen LogP contribution in [0.15, 0.2) is 0 Å². The fourth-order valence-corrected chi connectivity index (χ4v) is 3.64. The lowest BCUT2D eigenvalue weighted by molar-refractivity contribution is -0.117. The standard InChI is InChI=1S/C13H27N3O3S/c1-2-15-11-12-3-6-16(7-4-12)8-10-20(18,19)9-5-13(14)17/h12,15H,2-11H2,1H3,(H2,14,17). The molecule has 6 nitrogen and oxygen atoms in total. The molecule has 0 aliphatic carbocycles. The number of nitrogens with zero attached hydrogens (tertiary/aromatic N) is 1. The molecule has 0 aromatic rings. The van der Waals surface area contributed by atoms with Crippen LogP contribution in [0.25, 0.3) is 0 Å². The molecule has 0 spiro atoms. The van der Waals surface area contributed by atoms with Gasteiger partial charge in [-0.05, 0) is 44.9 Å². The number of nitrogens with one attached hydrogen (secondary N) is 1. The monoisotopic (exact) mass is 305 g/mol. The van der Waals surface area contributed by atoms with Crippen LogP contribution in [0.3, 0.4) is 0 Å². The van der Waals surface area contributed by atoms with Gasteiger partial charge in [-0.3, -0.25) is 4.79 Å². The van der Waals surface area contributed by atoms with Gasteiger partial charge in [-0.2, -0.15) is 0 Å². The van der Waals surface area contributed by atoms with Crippen LogP contribution in [-0.4, -0.2) is 63.5 Å². The summed E-state index contributed by atoms with van der Waals surface area (Å²) in [5, 5.41) is 3.36.